The Balaban J connectivity index is 2.21. The first-order chi connectivity index (χ1) is 6.65. The molecule has 2 heteroatoms. The molecule has 0 saturated heterocycles. The van der Waals surface area contributed by atoms with Crippen molar-refractivity contribution < 1.29 is 5.11 Å². The third-order valence-corrected chi connectivity index (χ3v) is 2.70. The summed E-state index contributed by atoms with van der Waals surface area (Å²) in [6, 6.07) is 5.85. The summed E-state index contributed by atoms with van der Waals surface area (Å²) in [5, 5.41) is 9.55. The molecule has 1 fully saturated rings. The minimum Gasteiger partial charge on any atom is -0.508 e. The molecule has 0 spiro atoms. The molecule has 1 saturated carbocycles. The highest BCUT2D eigenvalue weighted by Crippen LogP contribution is 2.34. The second-order valence-corrected chi connectivity index (χ2v) is 4.40. The van der Waals surface area contributed by atoms with E-state index in [4.69, 9.17) is 0 Å². The van der Waals surface area contributed by atoms with E-state index in [1.165, 1.54) is 18.4 Å². The molecule has 2 nitrogen and oxygen atoms in total. The summed E-state index contributed by atoms with van der Waals surface area (Å²) in [4.78, 5) is 2.02. The lowest BCUT2D eigenvalue weighted by atomic mass is 10.1. The first-order valence-corrected chi connectivity index (χ1v) is 5.15. The molecular weight excluding hydrogens is 174 g/mol. The van der Waals surface area contributed by atoms with Crippen molar-refractivity contribution in [3.63, 3.8) is 0 Å². The van der Waals surface area contributed by atoms with Gasteiger partial charge in [-0.25, -0.2) is 0 Å². The van der Waals surface area contributed by atoms with Crippen molar-refractivity contribution in [2.24, 2.45) is 5.92 Å². The molecule has 1 aromatic rings. The SMILES string of the molecule is CN(C)c1cc(O)cc(CC2CC2)c1. The van der Waals surface area contributed by atoms with Crippen molar-refractivity contribution in [2.45, 2.75) is 19.3 Å². The molecule has 14 heavy (non-hydrogen) atoms. The van der Waals surface area contributed by atoms with Gasteiger partial charge < -0.3 is 10.0 Å². The Morgan fingerprint density at radius 3 is 2.57 bits per heavy atom. The van der Waals surface area contributed by atoms with E-state index >= 15 is 0 Å². The molecule has 76 valence electrons. The fraction of sp³-hybridized carbons (Fsp3) is 0.500. The summed E-state index contributed by atoms with van der Waals surface area (Å²) in [7, 11) is 3.99. The van der Waals surface area contributed by atoms with Gasteiger partial charge in [-0.15, -0.1) is 0 Å². The van der Waals surface area contributed by atoms with Crippen molar-refractivity contribution in [1.82, 2.24) is 0 Å². The molecular formula is C12H17NO. The number of phenolic OH excluding ortho intramolecular Hbond substituents is 1. The zero-order valence-electron chi connectivity index (χ0n) is 8.83. The fourth-order valence-corrected chi connectivity index (χ4v) is 1.69. The maximum atomic E-state index is 9.55. The van der Waals surface area contributed by atoms with Crippen LogP contribution in [0.5, 0.6) is 5.75 Å². The molecule has 1 aliphatic carbocycles. The smallest absolute Gasteiger partial charge is 0.117 e. The number of phenols is 1. The maximum Gasteiger partial charge on any atom is 0.117 e. The topological polar surface area (TPSA) is 23.5 Å². The Morgan fingerprint density at radius 1 is 1.29 bits per heavy atom. The summed E-state index contributed by atoms with van der Waals surface area (Å²) >= 11 is 0. The van der Waals surface area contributed by atoms with Crippen molar-refractivity contribution in [2.75, 3.05) is 19.0 Å². The van der Waals surface area contributed by atoms with Crippen LogP contribution in [0.3, 0.4) is 0 Å². The van der Waals surface area contributed by atoms with Gasteiger partial charge in [0, 0.05) is 25.8 Å². The van der Waals surface area contributed by atoms with Crippen LogP contribution in [0.2, 0.25) is 0 Å². The fourth-order valence-electron chi connectivity index (χ4n) is 1.69. The molecule has 0 bridgehead atoms. The number of hydrogen-bond donors (Lipinski definition) is 1. The van der Waals surface area contributed by atoms with Crippen molar-refractivity contribution in [1.29, 1.82) is 0 Å². The average Bonchev–Trinajstić information content (AvgIpc) is 2.87. The van der Waals surface area contributed by atoms with Crippen molar-refractivity contribution in [3.8, 4) is 5.75 Å². The zero-order valence-corrected chi connectivity index (χ0v) is 8.83. The average molecular weight is 191 g/mol. The van der Waals surface area contributed by atoms with Gasteiger partial charge in [-0.1, -0.05) is 0 Å². The van der Waals surface area contributed by atoms with Crippen LogP contribution < -0.4 is 4.90 Å². The van der Waals surface area contributed by atoms with Crippen LogP contribution in [0.25, 0.3) is 0 Å². The van der Waals surface area contributed by atoms with Gasteiger partial charge in [-0.2, -0.15) is 0 Å². The van der Waals surface area contributed by atoms with Gasteiger partial charge in [0.2, 0.25) is 0 Å². The molecule has 1 aromatic carbocycles. The van der Waals surface area contributed by atoms with Gasteiger partial charge in [0.1, 0.15) is 5.75 Å². The van der Waals surface area contributed by atoms with E-state index in [9.17, 15) is 5.11 Å². The Hall–Kier alpha value is -1.18. The normalized spacial score (nSPS) is 15.6. The Morgan fingerprint density at radius 2 is 2.00 bits per heavy atom. The van der Waals surface area contributed by atoms with E-state index in [2.05, 4.69) is 6.07 Å². The van der Waals surface area contributed by atoms with E-state index in [0.717, 1.165) is 18.0 Å². The molecule has 0 radical (unpaired) electrons. The first-order valence-electron chi connectivity index (χ1n) is 5.15. The number of anilines is 1. The number of hydrogen-bond acceptors (Lipinski definition) is 2. The summed E-state index contributed by atoms with van der Waals surface area (Å²) in [5.74, 6) is 1.25. The van der Waals surface area contributed by atoms with Gasteiger partial charge >= 0.3 is 0 Å². The summed E-state index contributed by atoms with van der Waals surface area (Å²) < 4.78 is 0. The van der Waals surface area contributed by atoms with E-state index in [0.29, 0.717) is 5.75 Å². The highest BCUT2D eigenvalue weighted by Gasteiger charge is 2.21. The molecule has 0 heterocycles. The predicted octanol–water partition coefficient (Wildman–Crippen LogP) is 2.41. The third kappa shape index (κ3) is 2.19. The lowest BCUT2D eigenvalue weighted by Crippen LogP contribution is -2.08. The lowest BCUT2D eigenvalue weighted by Gasteiger charge is -2.14. The van der Waals surface area contributed by atoms with Gasteiger partial charge in [0.05, 0.1) is 0 Å². The summed E-state index contributed by atoms with van der Waals surface area (Å²) in [6.45, 7) is 0. The van der Waals surface area contributed by atoms with E-state index in [-0.39, 0.29) is 0 Å². The number of aromatic hydroxyl groups is 1. The highest BCUT2D eigenvalue weighted by atomic mass is 16.3. The summed E-state index contributed by atoms with van der Waals surface area (Å²) in [5.41, 5.74) is 2.34. The predicted molar refractivity (Wildman–Crippen MR) is 58.9 cm³/mol. The molecule has 0 aliphatic heterocycles. The van der Waals surface area contributed by atoms with Crippen LogP contribution >= 0.6 is 0 Å². The zero-order chi connectivity index (χ0) is 10.1. The lowest BCUT2D eigenvalue weighted by molar-refractivity contribution is 0.474. The molecule has 2 rings (SSSR count). The monoisotopic (exact) mass is 191 g/mol. The Labute approximate surface area is 85.2 Å². The molecule has 0 atom stereocenters. The third-order valence-electron chi connectivity index (χ3n) is 2.70. The molecule has 1 N–H and O–H groups in total. The van der Waals surface area contributed by atoms with Gasteiger partial charge in [-0.3, -0.25) is 0 Å². The molecule has 0 unspecified atom stereocenters. The highest BCUT2D eigenvalue weighted by molar-refractivity contribution is 5.52. The van der Waals surface area contributed by atoms with Crippen molar-refractivity contribution in [3.05, 3.63) is 23.8 Å². The largest absolute Gasteiger partial charge is 0.508 e. The van der Waals surface area contributed by atoms with Gasteiger partial charge in [0.15, 0.2) is 0 Å². The standard InChI is InChI=1S/C12H17NO/c1-13(2)11-6-10(5-9-3-4-9)7-12(14)8-11/h6-9,14H,3-5H2,1-2H3. The van der Waals surface area contributed by atoms with Crippen molar-refractivity contribution >= 4 is 5.69 Å². The van der Waals surface area contributed by atoms with Crippen LogP contribution in [0.4, 0.5) is 5.69 Å². The van der Waals surface area contributed by atoms with E-state index in [1.54, 1.807) is 6.07 Å². The van der Waals surface area contributed by atoms with Crippen LogP contribution in [0.1, 0.15) is 18.4 Å². The first kappa shape index (κ1) is 9.38. The minimum atomic E-state index is 0.381. The Bertz CT molecular complexity index is 329. The number of benzene rings is 1. The van der Waals surface area contributed by atoms with E-state index < -0.39 is 0 Å². The van der Waals surface area contributed by atoms with Gasteiger partial charge in [-0.05, 0) is 42.9 Å². The molecule has 1 aliphatic rings. The van der Waals surface area contributed by atoms with Crippen LogP contribution in [-0.2, 0) is 6.42 Å². The quantitative estimate of drug-likeness (QED) is 0.793. The molecule has 0 amide bonds. The summed E-state index contributed by atoms with van der Waals surface area (Å²) in [6.07, 6.45) is 3.83. The Kier molecular flexibility index (Phi) is 2.36. The minimum absolute atomic E-state index is 0.381. The van der Waals surface area contributed by atoms with Crippen LogP contribution in [0, 0.1) is 5.92 Å². The number of rotatable bonds is 3. The second-order valence-electron chi connectivity index (χ2n) is 4.40. The second kappa shape index (κ2) is 3.52. The van der Waals surface area contributed by atoms with E-state index in [1.807, 2.05) is 25.1 Å². The van der Waals surface area contributed by atoms with Gasteiger partial charge in [0.25, 0.3) is 0 Å². The van der Waals surface area contributed by atoms with Crippen LogP contribution in [-0.4, -0.2) is 19.2 Å². The number of nitrogens with zero attached hydrogens (tertiary/aromatic N) is 1. The van der Waals surface area contributed by atoms with Crippen LogP contribution in [0.15, 0.2) is 18.2 Å². The molecule has 0 aromatic heterocycles. The maximum absolute atomic E-state index is 9.55.